The van der Waals surface area contributed by atoms with Crippen LogP contribution in [0, 0.1) is 6.92 Å². The van der Waals surface area contributed by atoms with Gasteiger partial charge in [0.25, 0.3) is 5.91 Å². The minimum atomic E-state index is -0.231. The second kappa shape index (κ2) is 7.59. The second-order valence-corrected chi connectivity index (χ2v) is 6.97. The molecule has 0 radical (unpaired) electrons. The second-order valence-electron chi connectivity index (χ2n) is 5.20. The van der Waals surface area contributed by atoms with Crippen molar-refractivity contribution in [2.24, 2.45) is 0 Å². The van der Waals surface area contributed by atoms with Crippen molar-refractivity contribution in [2.75, 3.05) is 11.9 Å². The van der Waals surface area contributed by atoms with Crippen LogP contribution in [0.3, 0.4) is 0 Å². The van der Waals surface area contributed by atoms with E-state index in [1.54, 1.807) is 0 Å². The molecule has 122 valence electrons. The number of nitrogens with zero attached hydrogens (tertiary/aromatic N) is 1. The smallest absolute Gasteiger partial charge is 0.264 e. The number of aromatic nitrogens is 1. The average Bonchev–Trinajstić information content (AvgIpc) is 3.03. The molecule has 1 heterocycles. The van der Waals surface area contributed by atoms with Gasteiger partial charge in [0, 0.05) is 15.4 Å². The van der Waals surface area contributed by atoms with Crippen LogP contribution in [0.25, 0.3) is 11.3 Å². The molecular weight excluding hydrogens is 388 g/mol. The van der Waals surface area contributed by atoms with Crippen LogP contribution < -0.4 is 10.1 Å². The predicted octanol–water partition coefficient (Wildman–Crippen LogP) is 4.90. The lowest BCUT2D eigenvalue weighted by molar-refractivity contribution is -0.118. The van der Waals surface area contributed by atoms with E-state index in [0.29, 0.717) is 10.9 Å². The summed E-state index contributed by atoms with van der Waals surface area (Å²) < 4.78 is 6.45. The molecule has 0 fully saturated rings. The number of carbonyl (C=O) groups is 1. The number of nitrogens with one attached hydrogen (secondary N) is 1. The van der Waals surface area contributed by atoms with Gasteiger partial charge in [0.1, 0.15) is 5.75 Å². The van der Waals surface area contributed by atoms with Crippen molar-refractivity contribution >= 4 is 38.3 Å². The summed E-state index contributed by atoms with van der Waals surface area (Å²) in [6, 6.07) is 15.5. The third kappa shape index (κ3) is 4.43. The molecule has 1 N–H and O–H groups in total. The molecule has 24 heavy (non-hydrogen) atoms. The number of carbonyl (C=O) groups excluding carboxylic acids is 1. The lowest BCUT2D eigenvalue weighted by Crippen LogP contribution is -2.20. The number of anilines is 1. The highest BCUT2D eigenvalue weighted by atomic mass is 79.9. The molecule has 0 aliphatic heterocycles. The molecule has 0 unspecified atom stereocenters. The molecule has 3 rings (SSSR count). The van der Waals surface area contributed by atoms with Gasteiger partial charge in [0.2, 0.25) is 0 Å². The molecule has 1 amide bonds. The lowest BCUT2D eigenvalue weighted by atomic mass is 10.2. The maximum absolute atomic E-state index is 12.0. The van der Waals surface area contributed by atoms with Crippen molar-refractivity contribution in [3.63, 3.8) is 0 Å². The predicted molar refractivity (Wildman–Crippen MR) is 101 cm³/mol. The number of amides is 1. The first-order chi connectivity index (χ1) is 11.6. The summed E-state index contributed by atoms with van der Waals surface area (Å²) in [5.41, 5.74) is 2.97. The first-order valence-electron chi connectivity index (χ1n) is 7.31. The quantitative estimate of drug-likeness (QED) is 0.660. The van der Waals surface area contributed by atoms with Gasteiger partial charge in [0.15, 0.2) is 11.7 Å². The van der Waals surface area contributed by atoms with E-state index in [1.807, 2.05) is 60.8 Å². The summed E-state index contributed by atoms with van der Waals surface area (Å²) in [6.07, 6.45) is 0. The Kier molecular flexibility index (Phi) is 5.27. The van der Waals surface area contributed by atoms with Crippen molar-refractivity contribution in [1.29, 1.82) is 0 Å². The Morgan fingerprint density at radius 2 is 2.04 bits per heavy atom. The molecule has 1 aromatic heterocycles. The van der Waals surface area contributed by atoms with Gasteiger partial charge in [-0.25, -0.2) is 4.98 Å². The highest BCUT2D eigenvalue weighted by Gasteiger charge is 2.09. The first kappa shape index (κ1) is 16.7. The number of halogens is 1. The van der Waals surface area contributed by atoms with Crippen LogP contribution in [-0.4, -0.2) is 17.5 Å². The van der Waals surface area contributed by atoms with Crippen molar-refractivity contribution in [2.45, 2.75) is 6.92 Å². The minimum Gasteiger partial charge on any atom is -0.484 e. The lowest BCUT2D eigenvalue weighted by Gasteiger charge is -2.06. The molecule has 0 saturated heterocycles. The number of benzene rings is 2. The minimum absolute atomic E-state index is 0.0468. The summed E-state index contributed by atoms with van der Waals surface area (Å²) >= 11 is 4.83. The molecule has 0 aliphatic carbocycles. The van der Waals surface area contributed by atoms with Crippen LogP contribution in [-0.2, 0) is 4.79 Å². The van der Waals surface area contributed by atoms with Crippen LogP contribution in [0.5, 0.6) is 5.75 Å². The number of aryl methyl sites for hydroxylation is 1. The fourth-order valence-corrected chi connectivity index (χ4v) is 3.19. The number of thiazole rings is 1. The summed E-state index contributed by atoms with van der Waals surface area (Å²) in [5.74, 6) is 0.440. The van der Waals surface area contributed by atoms with Crippen LogP contribution >= 0.6 is 27.3 Å². The van der Waals surface area contributed by atoms with Gasteiger partial charge in [-0.1, -0.05) is 45.8 Å². The van der Waals surface area contributed by atoms with E-state index in [9.17, 15) is 4.79 Å². The largest absolute Gasteiger partial charge is 0.484 e. The Morgan fingerprint density at radius 1 is 1.25 bits per heavy atom. The van der Waals surface area contributed by atoms with Gasteiger partial charge >= 0.3 is 0 Å². The van der Waals surface area contributed by atoms with Crippen LogP contribution in [0.1, 0.15) is 5.56 Å². The number of ether oxygens (including phenoxy) is 1. The van der Waals surface area contributed by atoms with E-state index in [-0.39, 0.29) is 12.5 Å². The maximum atomic E-state index is 12.0. The summed E-state index contributed by atoms with van der Waals surface area (Å²) in [5, 5.41) is 5.23. The normalized spacial score (nSPS) is 10.4. The van der Waals surface area contributed by atoms with Crippen molar-refractivity contribution in [3.05, 3.63) is 63.9 Å². The van der Waals surface area contributed by atoms with Crippen LogP contribution in [0.15, 0.2) is 58.4 Å². The van der Waals surface area contributed by atoms with Gasteiger partial charge in [-0.05, 0) is 31.2 Å². The summed E-state index contributed by atoms with van der Waals surface area (Å²) in [6.45, 7) is 1.96. The highest BCUT2D eigenvalue weighted by molar-refractivity contribution is 9.10. The Bertz CT molecular complexity index is 846. The Hall–Kier alpha value is -2.18. The summed E-state index contributed by atoms with van der Waals surface area (Å²) in [4.78, 5) is 16.4. The van der Waals surface area contributed by atoms with Gasteiger partial charge < -0.3 is 4.74 Å². The van der Waals surface area contributed by atoms with E-state index in [4.69, 9.17) is 4.74 Å². The Balaban J connectivity index is 1.58. The molecule has 2 aromatic carbocycles. The molecule has 0 bridgehead atoms. The zero-order chi connectivity index (χ0) is 16.9. The van der Waals surface area contributed by atoms with Crippen LogP contribution in [0.2, 0.25) is 0 Å². The molecule has 3 aromatic rings. The molecule has 6 heteroatoms. The molecule has 0 aliphatic rings. The van der Waals surface area contributed by atoms with Gasteiger partial charge in [-0.2, -0.15) is 0 Å². The van der Waals surface area contributed by atoms with Gasteiger partial charge in [-0.15, -0.1) is 11.3 Å². The number of hydrogen-bond acceptors (Lipinski definition) is 4. The monoisotopic (exact) mass is 402 g/mol. The van der Waals surface area contributed by atoms with Gasteiger partial charge in [0.05, 0.1) is 5.69 Å². The van der Waals surface area contributed by atoms with E-state index in [1.165, 1.54) is 11.3 Å². The number of hydrogen-bond donors (Lipinski definition) is 1. The molecule has 4 nitrogen and oxygen atoms in total. The topological polar surface area (TPSA) is 51.2 Å². The zero-order valence-electron chi connectivity index (χ0n) is 13.0. The van der Waals surface area contributed by atoms with E-state index in [0.717, 1.165) is 21.3 Å². The van der Waals surface area contributed by atoms with Crippen molar-refractivity contribution in [1.82, 2.24) is 4.98 Å². The standard InChI is InChI=1S/C18H15BrN2O2S/c1-12-5-7-15(8-6-12)23-10-17(22)21-18-20-16(11-24-18)13-3-2-4-14(19)9-13/h2-9,11H,10H2,1H3,(H,20,21,22). The first-order valence-corrected chi connectivity index (χ1v) is 8.98. The average molecular weight is 403 g/mol. The van der Waals surface area contributed by atoms with Crippen molar-refractivity contribution < 1.29 is 9.53 Å². The highest BCUT2D eigenvalue weighted by Crippen LogP contribution is 2.26. The zero-order valence-corrected chi connectivity index (χ0v) is 15.4. The molecular formula is C18H15BrN2O2S. The fraction of sp³-hybridized carbons (Fsp3) is 0.111. The van der Waals surface area contributed by atoms with E-state index >= 15 is 0 Å². The number of rotatable bonds is 5. The summed E-state index contributed by atoms with van der Waals surface area (Å²) in [7, 11) is 0. The van der Waals surface area contributed by atoms with E-state index < -0.39 is 0 Å². The van der Waals surface area contributed by atoms with Crippen LogP contribution in [0.4, 0.5) is 5.13 Å². The van der Waals surface area contributed by atoms with E-state index in [2.05, 4.69) is 26.2 Å². The Morgan fingerprint density at radius 3 is 2.79 bits per heavy atom. The van der Waals surface area contributed by atoms with Gasteiger partial charge in [-0.3, -0.25) is 10.1 Å². The molecule has 0 spiro atoms. The maximum Gasteiger partial charge on any atom is 0.264 e. The van der Waals surface area contributed by atoms with Crippen molar-refractivity contribution in [3.8, 4) is 17.0 Å². The molecule has 0 saturated carbocycles. The third-order valence-corrected chi connectivity index (χ3v) is 4.51. The SMILES string of the molecule is Cc1ccc(OCC(=O)Nc2nc(-c3cccc(Br)c3)cs2)cc1. The molecule has 0 atom stereocenters. The fourth-order valence-electron chi connectivity index (χ4n) is 2.05. The Labute approximate surface area is 152 Å². The third-order valence-electron chi connectivity index (χ3n) is 3.26.